The first-order chi connectivity index (χ1) is 8.57. The second-order valence-electron chi connectivity index (χ2n) is 4.46. The third kappa shape index (κ3) is 3.25. The van der Waals surface area contributed by atoms with Crippen LogP contribution in [0, 0.1) is 0 Å². The summed E-state index contributed by atoms with van der Waals surface area (Å²) in [4.78, 5) is 0. The molecule has 1 N–H and O–H groups in total. The van der Waals surface area contributed by atoms with Crippen molar-refractivity contribution in [2.45, 2.75) is 30.8 Å². The topological polar surface area (TPSA) is 80.1 Å². The van der Waals surface area contributed by atoms with Crippen LogP contribution in [0.15, 0.2) is 11.2 Å². The lowest BCUT2D eigenvalue weighted by Crippen LogP contribution is -2.53. The summed E-state index contributed by atoms with van der Waals surface area (Å²) < 4.78 is 28.0. The lowest BCUT2D eigenvalue weighted by atomic mass is 10.1. The second-order valence-corrected chi connectivity index (χ2v) is 6.30. The van der Waals surface area contributed by atoms with Gasteiger partial charge in [0, 0.05) is 32.7 Å². The van der Waals surface area contributed by atoms with Crippen molar-refractivity contribution >= 4 is 22.4 Å². The van der Waals surface area contributed by atoms with Gasteiger partial charge in [0.15, 0.2) is 5.03 Å². The molecule has 1 aromatic rings. The Kier molecular flexibility index (Phi) is 5.72. The van der Waals surface area contributed by atoms with Crippen LogP contribution in [-0.4, -0.2) is 53.4 Å². The zero-order chi connectivity index (χ0) is 13.2. The molecule has 2 rings (SSSR count). The van der Waals surface area contributed by atoms with E-state index in [2.05, 4.69) is 22.6 Å². The maximum Gasteiger partial charge on any atom is 0.262 e. The third-order valence-electron chi connectivity index (χ3n) is 3.16. The number of rotatable bonds is 4. The molecule has 1 aliphatic heterocycles. The summed E-state index contributed by atoms with van der Waals surface area (Å²) in [6.45, 7) is 3.95. The van der Waals surface area contributed by atoms with E-state index < -0.39 is 10.0 Å². The third-order valence-corrected chi connectivity index (χ3v) is 5.16. The van der Waals surface area contributed by atoms with Gasteiger partial charge in [-0.2, -0.15) is 4.31 Å². The summed E-state index contributed by atoms with van der Waals surface area (Å²) >= 11 is 0. The predicted molar refractivity (Wildman–Crippen MR) is 73.7 cm³/mol. The normalized spacial score (nSPS) is 21.1. The highest BCUT2D eigenvalue weighted by atomic mass is 35.5. The number of halogens is 1. The van der Waals surface area contributed by atoms with E-state index in [0.29, 0.717) is 19.6 Å². The molecule has 9 heteroatoms. The predicted octanol–water partition coefficient (Wildman–Crippen LogP) is -0.000500. The Morgan fingerprint density at radius 3 is 2.84 bits per heavy atom. The minimum absolute atomic E-state index is 0. The minimum atomic E-state index is -3.49. The smallest absolute Gasteiger partial charge is 0.262 e. The van der Waals surface area contributed by atoms with Crippen LogP contribution in [0.5, 0.6) is 0 Å². The van der Waals surface area contributed by atoms with Gasteiger partial charge in [-0.1, -0.05) is 18.6 Å². The van der Waals surface area contributed by atoms with E-state index in [1.165, 1.54) is 10.9 Å². The van der Waals surface area contributed by atoms with Gasteiger partial charge in [0.25, 0.3) is 10.0 Å². The molecular formula is C10H20ClN5O2S. The number of hydrogen-bond donors (Lipinski definition) is 1. The van der Waals surface area contributed by atoms with Crippen LogP contribution < -0.4 is 5.32 Å². The van der Waals surface area contributed by atoms with Gasteiger partial charge in [-0.25, -0.2) is 13.1 Å². The van der Waals surface area contributed by atoms with E-state index in [1.807, 2.05) is 0 Å². The molecule has 1 aromatic heterocycles. The Hall–Kier alpha value is -0.700. The van der Waals surface area contributed by atoms with Gasteiger partial charge in [-0.3, -0.25) is 0 Å². The van der Waals surface area contributed by atoms with E-state index in [1.54, 1.807) is 11.4 Å². The van der Waals surface area contributed by atoms with Gasteiger partial charge < -0.3 is 5.32 Å². The molecule has 0 amide bonds. The van der Waals surface area contributed by atoms with Crippen LogP contribution in [0.25, 0.3) is 0 Å². The summed E-state index contributed by atoms with van der Waals surface area (Å²) in [6.07, 6.45) is 3.12. The first-order valence-electron chi connectivity index (χ1n) is 6.14. The zero-order valence-electron chi connectivity index (χ0n) is 11.1. The molecule has 1 aliphatic rings. The Balaban J connectivity index is 0.00000180. The summed E-state index contributed by atoms with van der Waals surface area (Å²) in [5.74, 6) is 0. The Bertz CT molecular complexity index is 502. The molecule has 0 spiro atoms. The Labute approximate surface area is 119 Å². The van der Waals surface area contributed by atoms with Gasteiger partial charge in [0.1, 0.15) is 0 Å². The van der Waals surface area contributed by atoms with Crippen LogP contribution >= 0.6 is 12.4 Å². The maximum atomic E-state index is 12.6. The molecule has 2 heterocycles. The first kappa shape index (κ1) is 16.4. The fourth-order valence-corrected chi connectivity index (χ4v) is 3.97. The largest absolute Gasteiger partial charge is 0.314 e. The standard InChI is InChI=1S/C10H19N5O2S.ClH/c1-3-4-9-7-11-5-6-15(9)18(16,17)10-8-12-13-14(10)2;/h8-9,11H,3-7H2,1-2H3;1H. The number of nitrogens with one attached hydrogen (secondary N) is 1. The van der Waals surface area contributed by atoms with Crippen LogP contribution in [0.4, 0.5) is 0 Å². The van der Waals surface area contributed by atoms with Gasteiger partial charge in [-0.05, 0) is 6.42 Å². The van der Waals surface area contributed by atoms with Crippen molar-refractivity contribution < 1.29 is 8.42 Å². The summed E-state index contributed by atoms with van der Waals surface area (Å²) in [7, 11) is -1.90. The molecule has 1 atom stereocenters. The SMILES string of the molecule is CCCC1CNCCN1S(=O)(=O)c1cnnn1C.Cl. The molecule has 0 aromatic carbocycles. The highest BCUT2D eigenvalue weighted by molar-refractivity contribution is 7.89. The summed E-state index contributed by atoms with van der Waals surface area (Å²) in [5.41, 5.74) is 0. The van der Waals surface area contributed by atoms with E-state index in [4.69, 9.17) is 0 Å². The number of hydrogen-bond acceptors (Lipinski definition) is 5. The van der Waals surface area contributed by atoms with Crippen molar-refractivity contribution in [3.63, 3.8) is 0 Å². The second kappa shape index (κ2) is 6.65. The summed E-state index contributed by atoms with van der Waals surface area (Å²) in [6, 6.07) is 0.0173. The van der Waals surface area contributed by atoms with E-state index in [9.17, 15) is 8.42 Å². The van der Waals surface area contributed by atoms with Crippen molar-refractivity contribution in [1.82, 2.24) is 24.6 Å². The lowest BCUT2D eigenvalue weighted by molar-refractivity contribution is 0.253. The van der Waals surface area contributed by atoms with Crippen LogP contribution in [0.1, 0.15) is 19.8 Å². The van der Waals surface area contributed by atoms with Crippen LogP contribution in [0.2, 0.25) is 0 Å². The van der Waals surface area contributed by atoms with Crippen molar-refractivity contribution in [3.8, 4) is 0 Å². The highest BCUT2D eigenvalue weighted by Crippen LogP contribution is 2.20. The van der Waals surface area contributed by atoms with Gasteiger partial charge in [0.05, 0.1) is 6.20 Å². The van der Waals surface area contributed by atoms with Gasteiger partial charge in [0.2, 0.25) is 0 Å². The number of aryl methyl sites for hydroxylation is 1. The van der Waals surface area contributed by atoms with E-state index in [0.717, 1.165) is 12.8 Å². The molecule has 1 saturated heterocycles. The zero-order valence-corrected chi connectivity index (χ0v) is 12.7. The van der Waals surface area contributed by atoms with Gasteiger partial charge >= 0.3 is 0 Å². The summed E-state index contributed by atoms with van der Waals surface area (Å²) in [5, 5.41) is 10.7. The molecule has 110 valence electrons. The number of sulfonamides is 1. The fraction of sp³-hybridized carbons (Fsp3) is 0.800. The van der Waals surface area contributed by atoms with Gasteiger partial charge in [-0.15, -0.1) is 17.5 Å². The fourth-order valence-electron chi connectivity index (χ4n) is 2.27. The average Bonchev–Trinajstić information content (AvgIpc) is 2.77. The molecule has 0 radical (unpaired) electrons. The van der Waals surface area contributed by atoms with Crippen molar-refractivity contribution in [3.05, 3.63) is 6.20 Å². The van der Waals surface area contributed by atoms with Crippen molar-refractivity contribution in [1.29, 1.82) is 0 Å². The molecule has 0 bridgehead atoms. The number of nitrogens with zero attached hydrogens (tertiary/aromatic N) is 4. The Morgan fingerprint density at radius 2 is 2.26 bits per heavy atom. The molecule has 1 unspecified atom stereocenters. The maximum absolute atomic E-state index is 12.6. The molecule has 0 aliphatic carbocycles. The highest BCUT2D eigenvalue weighted by Gasteiger charge is 2.34. The first-order valence-corrected chi connectivity index (χ1v) is 7.58. The Morgan fingerprint density at radius 1 is 1.53 bits per heavy atom. The number of piperazine rings is 1. The average molecular weight is 310 g/mol. The monoisotopic (exact) mass is 309 g/mol. The van der Waals surface area contributed by atoms with Crippen molar-refractivity contribution in [2.24, 2.45) is 7.05 Å². The quantitative estimate of drug-likeness (QED) is 0.847. The number of aromatic nitrogens is 3. The minimum Gasteiger partial charge on any atom is -0.314 e. The van der Waals surface area contributed by atoms with Crippen molar-refractivity contribution in [2.75, 3.05) is 19.6 Å². The molecule has 1 fully saturated rings. The van der Waals surface area contributed by atoms with Crippen LogP contribution in [0.3, 0.4) is 0 Å². The molecular weight excluding hydrogens is 290 g/mol. The van der Waals surface area contributed by atoms with E-state index >= 15 is 0 Å². The van der Waals surface area contributed by atoms with Crippen LogP contribution in [-0.2, 0) is 17.1 Å². The molecule has 7 nitrogen and oxygen atoms in total. The lowest BCUT2D eigenvalue weighted by Gasteiger charge is -2.34. The van der Waals surface area contributed by atoms with E-state index in [-0.39, 0.29) is 23.5 Å². The molecule has 0 saturated carbocycles. The molecule has 19 heavy (non-hydrogen) atoms.